The molecule has 82 valence electrons. The third-order valence-corrected chi connectivity index (χ3v) is 3.04. The summed E-state index contributed by atoms with van der Waals surface area (Å²) in [4.78, 5) is 0. The van der Waals surface area contributed by atoms with Crippen molar-refractivity contribution in [3.63, 3.8) is 0 Å². The molecule has 1 heterocycles. The van der Waals surface area contributed by atoms with Gasteiger partial charge in [0, 0.05) is 16.5 Å². The predicted octanol–water partition coefficient (Wildman–Crippen LogP) is 1.76. The number of fused-ring (bicyclic) bond motifs is 1. The van der Waals surface area contributed by atoms with Gasteiger partial charge in [-0.25, -0.2) is 0 Å². The molecule has 0 saturated carbocycles. The summed E-state index contributed by atoms with van der Waals surface area (Å²) in [6, 6.07) is 3.59. The molecule has 1 aromatic rings. The van der Waals surface area contributed by atoms with Gasteiger partial charge in [-0.3, -0.25) is 0 Å². The van der Waals surface area contributed by atoms with E-state index in [-0.39, 0.29) is 18.8 Å². The molecule has 0 radical (unpaired) electrons. The molecule has 3 nitrogen and oxygen atoms in total. The highest BCUT2D eigenvalue weighted by Crippen LogP contribution is 2.37. The molecule has 0 aliphatic carbocycles. The Kier molecular flexibility index (Phi) is 3.00. The number of aliphatic hydroxyl groups is 1. The van der Waals surface area contributed by atoms with Crippen LogP contribution in [-0.2, 0) is 6.42 Å². The molecule has 2 unspecified atom stereocenters. The van der Waals surface area contributed by atoms with E-state index >= 15 is 0 Å². The van der Waals surface area contributed by atoms with Crippen LogP contribution in [0.15, 0.2) is 16.6 Å². The van der Waals surface area contributed by atoms with Crippen LogP contribution in [0.1, 0.15) is 24.1 Å². The Morgan fingerprint density at radius 3 is 3.07 bits per heavy atom. The van der Waals surface area contributed by atoms with Crippen molar-refractivity contribution in [3.8, 4) is 5.75 Å². The average Bonchev–Trinajstić information content (AvgIpc) is 2.55. The van der Waals surface area contributed by atoms with Crippen molar-refractivity contribution >= 4 is 15.9 Å². The highest BCUT2D eigenvalue weighted by atomic mass is 79.9. The zero-order chi connectivity index (χ0) is 11.0. The number of benzene rings is 1. The van der Waals surface area contributed by atoms with E-state index in [1.54, 1.807) is 0 Å². The van der Waals surface area contributed by atoms with Gasteiger partial charge < -0.3 is 15.6 Å². The third kappa shape index (κ3) is 2.02. The van der Waals surface area contributed by atoms with Gasteiger partial charge in [-0.2, -0.15) is 0 Å². The number of nitrogens with two attached hydrogens (primary N) is 1. The smallest absolute Gasteiger partial charge is 0.127 e. The van der Waals surface area contributed by atoms with Crippen LogP contribution in [0.5, 0.6) is 5.75 Å². The van der Waals surface area contributed by atoms with Gasteiger partial charge in [0.15, 0.2) is 0 Å². The first kappa shape index (κ1) is 10.9. The maximum absolute atomic E-state index is 9.08. The second-order valence-corrected chi connectivity index (χ2v) is 4.82. The lowest BCUT2D eigenvalue weighted by atomic mass is 10.0. The molecule has 2 rings (SSSR count). The van der Waals surface area contributed by atoms with Crippen LogP contribution in [0.4, 0.5) is 0 Å². The molecule has 3 N–H and O–H groups in total. The highest BCUT2D eigenvalue weighted by molar-refractivity contribution is 9.10. The summed E-state index contributed by atoms with van der Waals surface area (Å²) in [5.41, 5.74) is 7.87. The summed E-state index contributed by atoms with van der Waals surface area (Å²) in [5.74, 6) is 0.854. The van der Waals surface area contributed by atoms with Crippen molar-refractivity contribution in [1.82, 2.24) is 0 Å². The van der Waals surface area contributed by atoms with Crippen LogP contribution >= 0.6 is 15.9 Å². The zero-order valence-electron chi connectivity index (χ0n) is 8.53. The molecular formula is C11H14BrNO2. The van der Waals surface area contributed by atoms with Crippen LogP contribution in [0, 0.1) is 0 Å². The van der Waals surface area contributed by atoms with Crippen LogP contribution in [0.2, 0.25) is 0 Å². The number of ether oxygens (including phenoxy) is 1. The first-order valence-electron chi connectivity index (χ1n) is 4.97. The van der Waals surface area contributed by atoms with Gasteiger partial charge in [0.1, 0.15) is 11.9 Å². The first-order chi connectivity index (χ1) is 7.11. The Bertz CT molecular complexity index is 381. The summed E-state index contributed by atoms with van der Waals surface area (Å²) < 4.78 is 6.69. The molecule has 1 aliphatic rings. The zero-order valence-corrected chi connectivity index (χ0v) is 10.1. The molecule has 1 aromatic carbocycles. The lowest BCUT2D eigenvalue weighted by Gasteiger charge is -2.14. The lowest BCUT2D eigenvalue weighted by Crippen LogP contribution is -2.16. The van der Waals surface area contributed by atoms with Crippen LogP contribution in [-0.4, -0.2) is 17.8 Å². The summed E-state index contributed by atoms with van der Waals surface area (Å²) in [6.07, 6.45) is 1.10. The molecule has 0 saturated heterocycles. The van der Waals surface area contributed by atoms with Crippen molar-refractivity contribution in [2.75, 3.05) is 6.61 Å². The Labute approximate surface area is 97.4 Å². The quantitative estimate of drug-likeness (QED) is 0.862. The fourth-order valence-electron chi connectivity index (χ4n) is 1.89. The number of halogens is 1. The molecule has 0 aromatic heterocycles. The molecular weight excluding hydrogens is 258 g/mol. The maximum atomic E-state index is 9.08. The minimum atomic E-state index is -0.374. The normalized spacial score (nSPS) is 20.9. The number of hydrogen-bond donors (Lipinski definition) is 2. The first-order valence-corrected chi connectivity index (χ1v) is 5.76. The van der Waals surface area contributed by atoms with Crippen LogP contribution in [0.3, 0.4) is 0 Å². The predicted molar refractivity (Wildman–Crippen MR) is 62.0 cm³/mol. The van der Waals surface area contributed by atoms with E-state index in [1.807, 2.05) is 19.1 Å². The standard InChI is InChI=1S/C11H14BrNO2/c1-6-2-7-3-8(12)4-9(10(13)5-14)11(7)15-6/h3-4,6,10,14H,2,5,13H2,1H3. The van der Waals surface area contributed by atoms with E-state index < -0.39 is 0 Å². The van der Waals surface area contributed by atoms with E-state index in [1.165, 1.54) is 0 Å². The van der Waals surface area contributed by atoms with Crippen molar-refractivity contribution < 1.29 is 9.84 Å². The average molecular weight is 272 g/mol. The maximum Gasteiger partial charge on any atom is 0.127 e. The van der Waals surface area contributed by atoms with Gasteiger partial charge in [0.25, 0.3) is 0 Å². The van der Waals surface area contributed by atoms with Crippen LogP contribution < -0.4 is 10.5 Å². The Hall–Kier alpha value is -0.580. The van der Waals surface area contributed by atoms with Gasteiger partial charge >= 0.3 is 0 Å². The Balaban J connectivity index is 2.47. The topological polar surface area (TPSA) is 55.5 Å². The van der Waals surface area contributed by atoms with Gasteiger partial charge in [0.2, 0.25) is 0 Å². The molecule has 15 heavy (non-hydrogen) atoms. The van der Waals surface area contributed by atoms with E-state index in [2.05, 4.69) is 15.9 Å². The summed E-state index contributed by atoms with van der Waals surface area (Å²) >= 11 is 3.44. The van der Waals surface area contributed by atoms with Gasteiger partial charge in [-0.1, -0.05) is 15.9 Å². The van der Waals surface area contributed by atoms with Gasteiger partial charge in [0.05, 0.1) is 12.6 Å². The minimum absolute atomic E-state index is 0.0688. The molecule has 4 heteroatoms. The second kappa shape index (κ2) is 4.12. The number of rotatable bonds is 2. The van der Waals surface area contributed by atoms with Gasteiger partial charge in [-0.05, 0) is 24.6 Å². The van der Waals surface area contributed by atoms with Gasteiger partial charge in [-0.15, -0.1) is 0 Å². The van der Waals surface area contributed by atoms with Crippen molar-refractivity contribution in [3.05, 3.63) is 27.7 Å². The van der Waals surface area contributed by atoms with E-state index in [4.69, 9.17) is 15.6 Å². The molecule has 0 spiro atoms. The van der Waals surface area contributed by atoms with E-state index in [0.717, 1.165) is 27.8 Å². The largest absolute Gasteiger partial charge is 0.490 e. The highest BCUT2D eigenvalue weighted by Gasteiger charge is 2.24. The van der Waals surface area contributed by atoms with E-state index in [9.17, 15) is 0 Å². The van der Waals surface area contributed by atoms with Crippen molar-refractivity contribution in [2.24, 2.45) is 5.73 Å². The number of hydrogen-bond acceptors (Lipinski definition) is 3. The van der Waals surface area contributed by atoms with Crippen molar-refractivity contribution in [2.45, 2.75) is 25.5 Å². The lowest BCUT2D eigenvalue weighted by molar-refractivity contribution is 0.240. The molecule has 0 amide bonds. The summed E-state index contributed by atoms with van der Waals surface area (Å²) in [5, 5.41) is 9.08. The summed E-state index contributed by atoms with van der Waals surface area (Å²) in [7, 11) is 0. The van der Waals surface area contributed by atoms with E-state index in [0.29, 0.717) is 0 Å². The SMILES string of the molecule is CC1Cc2cc(Br)cc(C(N)CO)c2O1. The molecule has 0 bridgehead atoms. The summed E-state index contributed by atoms with van der Waals surface area (Å²) in [6.45, 7) is 1.96. The Morgan fingerprint density at radius 2 is 2.40 bits per heavy atom. The Morgan fingerprint density at radius 1 is 1.67 bits per heavy atom. The fourth-order valence-corrected chi connectivity index (χ4v) is 2.42. The monoisotopic (exact) mass is 271 g/mol. The minimum Gasteiger partial charge on any atom is -0.490 e. The molecule has 0 fully saturated rings. The third-order valence-electron chi connectivity index (χ3n) is 2.58. The van der Waals surface area contributed by atoms with Crippen molar-refractivity contribution in [1.29, 1.82) is 0 Å². The molecule has 2 atom stereocenters. The van der Waals surface area contributed by atoms with Crippen LogP contribution in [0.25, 0.3) is 0 Å². The number of aliphatic hydroxyl groups excluding tert-OH is 1. The molecule has 1 aliphatic heterocycles. The second-order valence-electron chi connectivity index (χ2n) is 3.90. The fraction of sp³-hybridized carbons (Fsp3) is 0.455.